The van der Waals surface area contributed by atoms with Crippen LogP contribution >= 0.6 is 0 Å². The number of guanidine groups is 1. The Labute approximate surface area is 180 Å². The lowest BCUT2D eigenvalue weighted by Crippen LogP contribution is -2.51. The molecule has 0 aliphatic carbocycles. The molecular weight excluding hydrogens is 384 g/mol. The Balaban J connectivity index is 2.00. The number of methoxy groups -OCH3 is 3. The van der Waals surface area contributed by atoms with E-state index < -0.39 is 0 Å². The molecule has 0 spiro atoms. The molecule has 1 aromatic carbocycles. The number of hydrogen-bond acceptors (Lipinski definition) is 6. The molecule has 0 radical (unpaired) electrons. The normalized spacial score (nSPS) is 16.3. The molecule has 2 rings (SSSR count). The number of aliphatic imine (C=N–C) groups is 1. The van der Waals surface area contributed by atoms with Crippen LogP contribution in [0, 0.1) is 5.92 Å². The van der Waals surface area contributed by atoms with Gasteiger partial charge in [0.25, 0.3) is 0 Å². The van der Waals surface area contributed by atoms with Gasteiger partial charge in [0, 0.05) is 44.8 Å². The van der Waals surface area contributed by atoms with Gasteiger partial charge < -0.3 is 29.6 Å². The monoisotopic (exact) mass is 422 g/mol. The maximum absolute atomic E-state index is 5.57. The van der Waals surface area contributed by atoms with E-state index in [0.29, 0.717) is 35.8 Å². The summed E-state index contributed by atoms with van der Waals surface area (Å²) in [7, 11) is 6.64. The second kappa shape index (κ2) is 12.5. The van der Waals surface area contributed by atoms with Crippen LogP contribution in [0.15, 0.2) is 17.1 Å². The van der Waals surface area contributed by atoms with E-state index in [2.05, 4.69) is 34.4 Å². The first kappa shape index (κ1) is 24.1. The molecule has 1 heterocycles. The summed E-state index contributed by atoms with van der Waals surface area (Å²) < 4.78 is 21.9. The van der Waals surface area contributed by atoms with Gasteiger partial charge in [0.05, 0.1) is 34.5 Å². The Morgan fingerprint density at radius 1 is 1.07 bits per heavy atom. The van der Waals surface area contributed by atoms with Crippen molar-refractivity contribution in [2.45, 2.75) is 32.9 Å². The van der Waals surface area contributed by atoms with Gasteiger partial charge in [0.2, 0.25) is 5.75 Å². The van der Waals surface area contributed by atoms with Crippen LogP contribution in [0.3, 0.4) is 0 Å². The van der Waals surface area contributed by atoms with Gasteiger partial charge in [-0.25, -0.2) is 0 Å². The minimum Gasteiger partial charge on any atom is -0.493 e. The van der Waals surface area contributed by atoms with Gasteiger partial charge in [-0.15, -0.1) is 0 Å². The lowest BCUT2D eigenvalue weighted by Gasteiger charge is -2.35. The third-order valence-electron chi connectivity index (χ3n) is 5.27. The third-order valence-corrected chi connectivity index (χ3v) is 5.27. The molecule has 0 saturated carbocycles. The Morgan fingerprint density at radius 3 is 2.33 bits per heavy atom. The predicted octanol–water partition coefficient (Wildman–Crippen LogP) is 2.12. The number of ether oxygens (including phenoxy) is 4. The van der Waals surface area contributed by atoms with Crippen molar-refractivity contribution in [3.8, 4) is 17.2 Å². The van der Waals surface area contributed by atoms with Crippen LogP contribution in [0.4, 0.5) is 0 Å². The smallest absolute Gasteiger partial charge is 0.203 e. The molecule has 0 bridgehead atoms. The van der Waals surface area contributed by atoms with Crippen molar-refractivity contribution < 1.29 is 18.9 Å². The fourth-order valence-corrected chi connectivity index (χ4v) is 3.76. The van der Waals surface area contributed by atoms with E-state index >= 15 is 0 Å². The second-order valence-electron chi connectivity index (χ2n) is 7.73. The average molecular weight is 423 g/mol. The fourth-order valence-electron chi connectivity index (χ4n) is 3.76. The van der Waals surface area contributed by atoms with Crippen LogP contribution in [0.5, 0.6) is 17.2 Å². The Bertz CT molecular complexity index is 675. The van der Waals surface area contributed by atoms with Crippen LogP contribution < -0.4 is 24.8 Å². The number of nitrogens with zero attached hydrogens (tertiary/aromatic N) is 2. The molecule has 1 unspecified atom stereocenters. The van der Waals surface area contributed by atoms with E-state index in [-0.39, 0.29) is 0 Å². The number of morpholine rings is 1. The van der Waals surface area contributed by atoms with E-state index in [0.717, 1.165) is 50.8 Å². The average Bonchev–Trinajstić information content (AvgIpc) is 2.77. The SMILES string of the molecule is CN=C(NCc1ccc(OC)c(OC)c1OC)NCC(CC(C)C)N1CCOCC1. The molecule has 1 fully saturated rings. The van der Waals surface area contributed by atoms with Gasteiger partial charge in [-0.05, 0) is 24.5 Å². The summed E-state index contributed by atoms with van der Waals surface area (Å²) >= 11 is 0. The minimum absolute atomic E-state index is 0.447. The molecule has 1 aromatic rings. The zero-order valence-corrected chi connectivity index (χ0v) is 19.3. The second-order valence-corrected chi connectivity index (χ2v) is 7.73. The van der Waals surface area contributed by atoms with Crippen molar-refractivity contribution in [1.29, 1.82) is 0 Å². The van der Waals surface area contributed by atoms with Gasteiger partial charge in [-0.3, -0.25) is 9.89 Å². The molecule has 1 aliphatic rings. The first-order valence-electron chi connectivity index (χ1n) is 10.6. The highest BCUT2D eigenvalue weighted by molar-refractivity contribution is 5.79. The molecule has 1 saturated heterocycles. The van der Waals surface area contributed by atoms with Crippen molar-refractivity contribution in [1.82, 2.24) is 15.5 Å². The van der Waals surface area contributed by atoms with Crippen LogP contribution in [-0.2, 0) is 11.3 Å². The number of benzene rings is 1. The molecule has 8 heteroatoms. The summed E-state index contributed by atoms with van der Waals surface area (Å²) in [5, 5.41) is 6.87. The van der Waals surface area contributed by atoms with Crippen LogP contribution in [-0.4, -0.2) is 78.1 Å². The molecule has 30 heavy (non-hydrogen) atoms. The topological polar surface area (TPSA) is 76.6 Å². The zero-order valence-electron chi connectivity index (χ0n) is 19.3. The van der Waals surface area contributed by atoms with Crippen molar-refractivity contribution in [2.24, 2.45) is 10.9 Å². The van der Waals surface area contributed by atoms with Crippen molar-refractivity contribution >= 4 is 5.96 Å². The molecule has 170 valence electrons. The van der Waals surface area contributed by atoms with Gasteiger partial charge in [0.15, 0.2) is 17.5 Å². The van der Waals surface area contributed by atoms with Crippen molar-refractivity contribution in [3.05, 3.63) is 17.7 Å². The molecular formula is C22H38N4O4. The lowest BCUT2D eigenvalue weighted by molar-refractivity contribution is 0.0132. The summed E-state index contributed by atoms with van der Waals surface area (Å²) in [6.45, 7) is 9.49. The molecule has 0 aromatic heterocycles. The predicted molar refractivity (Wildman–Crippen MR) is 120 cm³/mol. The van der Waals surface area contributed by atoms with E-state index in [4.69, 9.17) is 18.9 Å². The standard InChI is InChI=1S/C22H38N4O4/c1-16(2)13-18(26-9-11-30-12-10-26)15-25-22(23-3)24-14-17-7-8-19(27-4)21(29-6)20(17)28-5/h7-8,16,18H,9-15H2,1-6H3,(H2,23,24,25). The Hall–Kier alpha value is -2.19. The van der Waals surface area contributed by atoms with Crippen LogP contribution in [0.2, 0.25) is 0 Å². The molecule has 8 nitrogen and oxygen atoms in total. The molecule has 2 N–H and O–H groups in total. The highest BCUT2D eigenvalue weighted by atomic mass is 16.5. The van der Waals surface area contributed by atoms with Crippen LogP contribution in [0.1, 0.15) is 25.8 Å². The van der Waals surface area contributed by atoms with E-state index in [1.807, 2.05) is 12.1 Å². The largest absolute Gasteiger partial charge is 0.493 e. The van der Waals surface area contributed by atoms with Gasteiger partial charge >= 0.3 is 0 Å². The number of rotatable bonds is 10. The highest BCUT2D eigenvalue weighted by Gasteiger charge is 2.22. The Kier molecular flexibility index (Phi) is 10.0. The van der Waals surface area contributed by atoms with E-state index in [1.54, 1.807) is 28.4 Å². The third kappa shape index (κ3) is 6.67. The number of nitrogens with one attached hydrogen (secondary N) is 2. The molecule has 1 aliphatic heterocycles. The molecule has 0 amide bonds. The minimum atomic E-state index is 0.447. The maximum atomic E-state index is 5.57. The van der Waals surface area contributed by atoms with Gasteiger partial charge in [-0.1, -0.05) is 13.8 Å². The molecule has 1 atom stereocenters. The number of hydrogen-bond donors (Lipinski definition) is 2. The lowest BCUT2D eigenvalue weighted by atomic mass is 10.0. The summed E-state index contributed by atoms with van der Waals surface area (Å²) in [6, 6.07) is 4.30. The van der Waals surface area contributed by atoms with Crippen molar-refractivity contribution in [3.63, 3.8) is 0 Å². The first-order chi connectivity index (χ1) is 14.5. The summed E-state index contributed by atoms with van der Waals surface area (Å²) in [5.41, 5.74) is 0.963. The fraction of sp³-hybridized carbons (Fsp3) is 0.682. The van der Waals surface area contributed by atoms with Crippen LogP contribution in [0.25, 0.3) is 0 Å². The van der Waals surface area contributed by atoms with Gasteiger partial charge in [0.1, 0.15) is 0 Å². The summed E-state index contributed by atoms with van der Waals surface area (Å²) in [4.78, 5) is 6.90. The Morgan fingerprint density at radius 2 is 1.77 bits per heavy atom. The van der Waals surface area contributed by atoms with E-state index in [9.17, 15) is 0 Å². The zero-order chi connectivity index (χ0) is 21.9. The van der Waals surface area contributed by atoms with E-state index in [1.165, 1.54) is 0 Å². The van der Waals surface area contributed by atoms with Crippen molar-refractivity contribution in [2.75, 3.05) is 61.2 Å². The highest BCUT2D eigenvalue weighted by Crippen LogP contribution is 2.39. The van der Waals surface area contributed by atoms with Gasteiger partial charge in [-0.2, -0.15) is 0 Å². The first-order valence-corrected chi connectivity index (χ1v) is 10.6. The summed E-state index contributed by atoms with van der Waals surface area (Å²) in [6.07, 6.45) is 1.13. The maximum Gasteiger partial charge on any atom is 0.203 e. The quantitative estimate of drug-likeness (QED) is 0.442. The summed E-state index contributed by atoms with van der Waals surface area (Å²) in [5.74, 6) is 3.28.